The highest BCUT2D eigenvalue weighted by Crippen LogP contribution is 2.30. The average Bonchev–Trinajstić information content (AvgIpc) is 2.72. The number of ether oxygens (including phenoxy) is 1. The van der Waals surface area contributed by atoms with Gasteiger partial charge in [-0.3, -0.25) is 4.72 Å². The molecule has 0 aliphatic heterocycles. The molecular formula is C12H14N2O5S. The zero-order chi connectivity index (χ0) is 14.9. The molecule has 1 aromatic carbocycles. The van der Waals surface area contributed by atoms with Crippen molar-refractivity contribution in [2.45, 2.75) is 18.7 Å². The van der Waals surface area contributed by atoms with E-state index in [0.717, 1.165) is 0 Å². The zero-order valence-electron chi connectivity index (χ0n) is 11.2. The third-order valence-corrected chi connectivity index (χ3v) is 4.29. The van der Waals surface area contributed by atoms with E-state index < -0.39 is 10.0 Å². The Morgan fingerprint density at radius 3 is 2.55 bits per heavy atom. The molecule has 2 rings (SSSR count). The van der Waals surface area contributed by atoms with Crippen molar-refractivity contribution in [3.05, 3.63) is 29.7 Å². The SMILES string of the molecule is COc1ccc(NS(=O)(=O)c2c(C)noc2C)c(O)c1. The molecule has 108 valence electrons. The molecule has 1 aromatic heterocycles. The average molecular weight is 298 g/mol. The molecule has 8 heteroatoms. The third kappa shape index (κ3) is 2.55. The lowest BCUT2D eigenvalue weighted by Gasteiger charge is -2.10. The van der Waals surface area contributed by atoms with Crippen LogP contribution in [-0.4, -0.2) is 25.8 Å². The molecule has 7 nitrogen and oxygen atoms in total. The molecule has 0 bridgehead atoms. The number of aryl methyl sites for hydroxylation is 2. The maximum atomic E-state index is 12.3. The second kappa shape index (κ2) is 5.04. The van der Waals surface area contributed by atoms with Gasteiger partial charge in [0.25, 0.3) is 10.0 Å². The first-order chi connectivity index (χ1) is 9.35. The van der Waals surface area contributed by atoms with Gasteiger partial charge in [0.15, 0.2) is 10.7 Å². The van der Waals surface area contributed by atoms with Crippen molar-refractivity contribution in [1.29, 1.82) is 0 Å². The number of rotatable bonds is 4. The number of sulfonamides is 1. The molecule has 0 aliphatic rings. The number of phenolic OH excluding ortho intramolecular Hbond substituents is 1. The molecule has 0 fully saturated rings. The first-order valence-electron chi connectivity index (χ1n) is 5.68. The Bertz CT molecular complexity index is 717. The minimum atomic E-state index is -3.88. The van der Waals surface area contributed by atoms with Gasteiger partial charge in [-0.1, -0.05) is 5.16 Å². The summed E-state index contributed by atoms with van der Waals surface area (Å²) in [5.74, 6) is 0.366. The van der Waals surface area contributed by atoms with E-state index in [1.54, 1.807) is 0 Å². The Balaban J connectivity index is 2.39. The van der Waals surface area contributed by atoms with Gasteiger partial charge in [0.05, 0.1) is 12.8 Å². The summed E-state index contributed by atoms with van der Waals surface area (Å²) in [7, 11) is -2.43. The van der Waals surface area contributed by atoms with Crippen LogP contribution in [0.4, 0.5) is 5.69 Å². The van der Waals surface area contributed by atoms with Crippen LogP contribution < -0.4 is 9.46 Å². The van der Waals surface area contributed by atoms with Crippen LogP contribution in [0.25, 0.3) is 0 Å². The molecule has 20 heavy (non-hydrogen) atoms. The maximum absolute atomic E-state index is 12.3. The lowest BCUT2D eigenvalue weighted by Crippen LogP contribution is -2.14. The van der Waals surface area contributed by atoms with Gasteiger partial charge in [0, 0.05) is 6.07 Å². The van der Waals surface area contributed by atoms with Crippen LogP contribution in [0, 0.1) is 13.8 Å². The molecule has 2 aromatic rings. The van der Waals surface area contributed by atoms with Crippen molar-refractivity contribution in [3.8, 4) is 11.5 Å². The fourth-order valence-electron chi connectivity index (χ4n) is 1.78. The minimum Gasteiger partial charge on any atom is -0.506 e. The number of methoxy groups -OCH3 is 1. The molecular weight excluding hydrogens is 284 g/mol. The number of nitrogens with zero attached hydrogens (tertiary/aromatic N) is 1. The molecule has 2 N–H and O–H groups in total. The monoisotopic (exact) mass is 298 g/mol. The molecule has 0 atom stereocenters. The van der Waals surface area contributed by atoms with Gasteiger partial charge in [0.1, 0.15) is 17.2 Å². The van der Waals surface area contributed by atoms with Crippen LogP contribution in [0.3, 0.4) is 0 Å². The predicted molar refractivity (Wildman–Crippen MR) is 71.4 cm³/mol. The van der Waals surface area contributed by atoms with Crippen LogP contribution >= 0.6 is 0 Å². The molecule has 0 spiro atoms. The van der Waals surface area contributed by atoms with Gasteiger partial charge in [-0.15, -0.1) is 0 Å². The summed E-state index contributed by atoms with van der Waals surface area (Å²) in [5, 5.41) is 13.4. The van der Waals surface area contributed by atoms with E-state index in [1.807, 2.05) is 0 Å². The summed E-state index contributed by atoms with van der Waals surface area (Å²) < 4.78 is 36.6. The van der Waals surface area contributed by atoms with E-state index in [4.69, 9.17) is 9.26 Å². The molecule has 0 unspecified atom stereocenters. The molecule has 0 amide bonds. The predicted octanol–water partition coefficient (Wildman–Crippen LogP) is 1.81. The van der Waals surface area contributed by atoms with Crippen LogP contribution in [0.1, 0.15) is 11.5 Å². The van der Waals surface area contributed by atoms with Crippen LogP contribution in [0.2, 0.25) is 0 Å². The topological polar surface area (TPSA) is 102 Å². The minimum absolute atomic E-state index is 0.0345. The quantitative estimate of drug-likeness (QED) is 0.835. The van der Waals surface area contributed by atoms with Crippen LogP contribution in [0.15, 0.2) is 27.6 Å². The number of nitrogens with one attached hydrogen (secondary N) is 1. The largest absolute Gasteiger partial charge is 0.506 e. The highest BCUT2D eigenvalue weighted by Gasteiger charge is 2.25. The zero-order valence-corrected chi connectivity index (χ0v) is 12.0. The molecule has 0 saturated heterocycles. The molecule has 0 radical (unpaired) electrons. The molecule has 0 saturated carbocycles. The van der Waals surface area contributed by atoms with Crippen molar-refractivity contribution >= 4 is 15.7 Å². The summed E-state index contributed by atoms with van der Waals surface area (Å²) in [5.41, 5.74) is 0.300. The Kier molecular flexibility index (Phi) is 3.58. The first-order valence-corrected chi connectivity index (χ1v) is 7.16. The number of aromatic nitrogens is 1. The van der Waals surface area contributed by atoms with Gasteiger partial charge < -0.3 is 14.4 Å². The fourth-order valence-corrected chi connectivity index (χ4v) is 3.18. The summed E-state index contributed by atoms with van der Waals surface area (Å²) in [6, 6.07) is 4.25. The van der Waals surface area contributed by atoms with Crippen molar-refractivity contribution < 1.29 is 22.8 Å². The van der Waals surface area contributed by atoms with Gasteiger partial charge in [-0.05, 0) is 26.0 Å². The van der Waals surface area contributed by atoms with E-state index in [1.165, 1.54) is 39.2 Å². The summed E-state index contributed by atoms with van der Waals surface area (Å²) in [6.45, 7) is 3.03. The van der Waals surface area contributed by atoms with E-state index in [0.29, 0.717) is 5.75 Å². The lowest BCUT2D eigenvalue weighted by molar-refractivity contribution is 0.390. The van der Waals surface area contributed by atoms with E-state index >= 15 is 0 Å². The number of hydrogen-bond acceptors (Lipinski definition) is 6. The number of phenols is 1. The number of aromatic hydroxyl groups is 1. The van der Waals surface area contributed by atoms with Crippen LogP contribution in [-0.2, 0) is 10.0 Å². The Morgan fingerprint density at radius 1 is 1.35 bits per heavy atom. The number of benzene rings is 1. The van der Waals surface area contributed by atoms with Gasteiger partial charge in [-0.2, -0.15) is 0 Å². The lowest BCUT2D eigenvalue weighted by atomic mass is 10.3. The van der Waals surface area contributed by atoms with E-state index in [-0.39, 0.29) is 27.8 Å². The third-order valence-electron chi connectivity index (χ3n) is 2.69. The summed E-state index contributed by atoms with van der Waals surface area (Å²) >= 11 is 0. The van der Waals surface area contributed by atoms with Crippen molar-refractivity contribution in [2.24, 2.45) is 0 Å². The van der Waals surface area contributed by atoms with Gasteiger partial charge in [0.2, 0.25) is 0 Å². The van der Waals surface area contributed by atoms with Crippen molar-refractivity contribution in [1.82, 2.24) is 5.16 Å². The van der Waals surface area contributed by atoms with E-state index in [9.17, 15) is 13.5 Å². The number of hydrogen-bond donors (Lipinski definition) is 2. The van der Waals surface area contributed by atoms with Gasteiger partial charge >= 0.3 is 0 Å². The first kappa shape index (κ1) is 14.2. The smallest absolute Gasteiger partial charge is 0.267 e. The highest BCUT2D eigenvalue weighted by atomic mass is 32.2. The Hall–Kier alpha value is -2.22. The van der Waals surface area contributed by atoms with Crippen molar-refractivity contribution in [3.63, 3.8) is 0 Å². The van der Waals surface area contributed by atoms with Crippen molar-refractivity contribution in [2.75, 3.05) is 11.8 Å². The summed E-state index contributed by atoms with van der Waals surface area (Å²) in [6.07, 6.45) is 0. The molecule has 0 aliphatic carbocycles. The Labute approximate surface area is 116 Å². The second-order valence-corrected chi connectivity index (χ2v) is 5.76. The fraction of sp³-hybridized carbons (Fsp3) is 0.250. The maximum Gasteiger partial charge on any atom is 0.267 e. The van der Waals surface area contributed by atoms with Gasteiger partial charge in [-0.25, -0.2) is 8.42 Å². The Morgan fingerprint density at radius 2 is 2.05 bits per heavy atom. The van der Waals surface area contributed by atoms with E-state index in [2.05, 4.69) is 9.88 Å². The standard InChI is InChI=1S/C12H14N2O5S/c1-7-12(8(2)19-13-7)20(16,17)14-10-5-4-9(18-3)6-11(10)15/h4-6,14-15H,1-3H3. The van der Waals surface area contributed by atoms with Crippen LogP contribution in [0.5, 0.6) is 11.5 Å². The normalized spacial score (nSPS) is 11.3. The number of anilines is 1. The second-order valence-electron chi connectivity index (χ2n) is 4.14. The summed E-state index contributed by atoms with van der Waals surface area (Å²) in [4.78, 5) is -0.0345. The molecule has 1 heterocycles. The highest BCUT2D eigenvalue weighted by molar-refractivity contribution is 7.92.